The molecule has 0 unspecified atom stereocenters. The van der Waals surface area contributed by atoms with Crippen molar-refractivity contribution in [3.8, 4) is 5.75 Å². The molecular weight excluding hydrogens is 400 g/mol. The summed E-state index contributed by atoms with van der Waals surface area (Å²) in [6, 6.07) is 11.7. The van der Waals surface area contributed by atoms with E-state index in [2.05, 4.69) is 11.6 Å². The van der Waals surface area contributed by atoms with Crippen molar-refractivity contribution in [1.29, 1.82) is 0 Å². The number of sulfonamides is 1. The van der Waals surface area contributed by atoms with E-state index in [9.17, 15) is 13.2 Å². The van der Waals surface area contributed by atoms with Crippen molar-refractivity contribution in [1.82, 2.24) is 9.62 Å². The summed E-state index contributed by atoms with van der Waals surface area (Å²) >= 11 is 0. The molecule has 1 atom stereocenters. The number of rotatable bonds is 6. The van der Waals surface area contributed by atoms with Crippen LogP contribution in [0.25, 0.3) is 0 Å². The van der Waals surface area contributed by atoms with Crippen molar-refractivity contribution in [2.75, 3.05) is 20.2 Å². The highest BCUT2D eigenvalue weighted by Crippen LogP contribution is 2.27. The Balaban J connectivity index is 1.85. The first-order valence-electron chi connectivity index (χ1n) is 10.3. The highest BCUT2D eigenvalue weighted by Gasteiger charge is 2.26. The molecule has 1 heterocycles. The molecule has 1 fully saturated rings. The predicted octanol–water partition coefficient (Wildman–Crippen LogP) is 3.92. The summed E-state index contributed by atoms with van der Waals surface area (Å²) in [5.41, 5.74) is 2.26. The summed E-state index contributed by atoms with van der Waals surface area (Å²) in [7, 11) is -2.33. The molecule has 1 N–H and O–H groups in total. The molecule has 0 aliphatic carbocycles. The van der Waals surface area contributed by atoms with E-state index in [0.29, 0.717) is 24.8 Å². The molecule has 0 aromatic heterocycles. The third-order valence-corrected chi connectivity index (χ3v) is 7.23. The number of methoxy groups -OCH3 is 1. The van der Waals surface area contributed by atoms with Gasteiger partial charge in [-0.3, -0.25) is 4.79 Å². The maximum absolute atomic E-state index is 13.1. The smallest absolute Gasteiger partial charge is 0.257 e. The quantitative estimate of drug-likeness (QED) is 0.754. The summed E-state index contributed by atoms with van der Waals surface area (Å²) in [6.45, 7) is 7.30. The number of aryl methyl sites for hydroxylation is 1. The molecular formula is C23H30N2O4S. The van der Waals surface area contributed by atoms with Crippen LogP contribution in [0.5, 0.6) is 5.75 Å². The number of piperidine rings is 1. The first-order valence-corrected chi connectivity index (χ1v) is 11.8. The van der Waals surface area contributed by atoms with E-state index in [1.807, 2.05) is 31.2 Å². The lowest BCUT2D eigenvalue weighted by Gasteiger charge is -2.30. The fraction of sp³-hybridized carbons (Fsp3) is 0.435. The van der Waals surface area contributed by atoms with E-state index >= 15 is 0 Å². The lowest BCUT2D eigenvalue weighted by Crippen LogP contribution is -2.38. The Labute approximate surface area is 179 Å². The van der Waals surface area contributed by atoms with Gasteiger partial charge in [0.25, 0.3) is 5.91 Å². The SMILES string of the molecule is COc1ccc(S(=O)(=O)N[C@H](C)c2ccc(C)cc2)cc1C(=O)N1CCC(C)CC1. The minimum Gasteiger partial charge on any atom is -0.496 e. The molecule has 1 aliphatic rings. The van der Waals surface area contributed by atoms with Gasteiger partial charge in [0.05, 0.1) is 17.6 Å². The molecule has 3 rings (SSSR count). The zero-order valence-electron chi connectivity index (χ0n) is 18.0. The number of carbonyl (C=O) groups excluding carboxylic acids is 1. The van der Waals surface area contributed by atoms with Gasteiger partial charge in [0.2, 0.25) is 10.0 Å². The summed E-state index contributed by atoms with van der Waals surface area (Å²) in [6.07, 6.45) is 1.89. The summed E-state index contributed by atoms with van der Waals surface area (Å²) in [5.74, 6) is 0.779. The molecule has 2 aromatic carbocycles. The standard InChI is InChI=1S/C23H30N2O4S/c1-16-5-7-19(8-6-16)18(3)24-30(27,28)20-9-10-22(29-4)21(15-20)23(26)25-13-11-17(2)12-14-25/h5-10,15,17-18,24H,11-14H2,1-4H3/t18-/m1/s1. The van der Waals surface area contributed by atoms with E-state index in [-0.39, 0.29) is 16.4 Å². The number of nitrogens with one attached hydrogen (secondary N) is 1. The fourth-order valence-corrected chi connectivity index (χ4v) is 4.89. The minimum atomic E-state index is -3.81. The predicted molar refractivity (Wildman–Crippen MR) is 117 cm³/mol. The fourth-order valence-electron chi connectivity index (χ4n) is 3.63. The van der Waals surface area contributed by atoms with Crippen molar-refractivity contribution in [3.63, 3.8) is 0 Å². The van der Waals surface area contributed by atoms with Crippen molar-refractivity contribution in [2.24, 2.45) is 5.92 Å². The Hall–Kier alpha value is -2.38. The number of benzene rings is 2. The minimum absolute atomic E-state index is 0.0518. The third kappa shape index (κ3) is 5.02. The van der Waals surface area contributed by atoms with Gasteiger partial charge in [0, 0.05) is 19.1 Å². The highest BCUT2D eigenvalue weighted by molar-refractivity contribution is 7.89. The van der Waals surface area contributed by atoms with Gasteiger partial charge in [0.15, 0.2) is 0 Å². The molecule has 0 saturated carbocycles. The molecule has 30 heavy (non-hydrogen) atoms. The number of ether oxygens (including phenoxy) is 1. The molecule has 6 nitrogen and oxygen atoms in total. The van der Waals surface area contributed by atoms with Gasteiger partial charge in [-0.05, 0) is 56.4 Å². The van der Waals surface area contributed by atoms with Crippen molar-refractivity contribution in [2.45, 2.75) is 44.6 Å². The van der Waals surface area contributed by atoms with E-state index in [1.165, 1.54) is 19.2 Å². The molecule has 1 amide bonds. The van der Waals surface area contributed by atoms with Crippen LogP contribution in [0.4, 0.5) is 0 Å². The Morgan fingerprint density at radius 2 is 1.77 bits per heavy atom. The molecule has 1 saturated heterocycles. The Kier molecular flexibility index (Phi) is 6.83. The topological polar surface area (TPSA) is 75.7 Å². The van der Waals surface area contributed by atoms with E-state index in [1.54, 1.807) is 17.9 Å². The summed E-state index contributed by atoms with van der Waals surface area (Å²) in [4.78, 5) is 14.9. The van der Waals surface area contributed by atoms with Gasteiger partial charge in [0.1, 0.15) is 5.75 Å². The number of nitrogens with zero attached hydrogens (tertiary/aromatic N) is 1. The molecule has 162 valence electrons. The second-order valence-electron chi connectivity index (χ2n) is 8.09. The van der Waals surface area contributed by atoms with Crippen LogP contribution < -0.4 is 9.46 Å². The number of hydrogen-bond acceptors (Lipinski definition) is 4. The van der Waals surface area contributed by atoms with Crippen LogP contribution in [0.2, 0.25) is 0 Å². The second-order valence-corrected chi connectivity index (χ2v) is 9.80. The van der Waals surface area contributed by atoms with Gasteiger partial charge in [-0.2, -0.15) is 0 Å². The lowest BCUT2D eigenvalue weighted by molar-refractivity contribution is 0.0693. The Morgan fingerprint density at radius 1 is 1.13 bits per heavy atom. The maximum atomic E-state index is 13.1. The van der Waals surface area contributed by atoms with Gasteiger partial charge >= 0.3 is 0 Å². The number of likely N-dealkylation sites (tertiary alicyclic amines) is 1. The molecule has 0 spiro atoms. The Bertz CT molecular complexity index is 994. The van der Waals surface area contributed by atoms with E-state index in [4.69, 9.17) is 4.74 Å². The van der Waals surface area contributed by atoms with Crippen LogP contribution in [-0.2, 0) is 10.0 Å². The zero-order valence-corrected chi connectivity index (χ0v) is 18.8. The van der Waals surface area contributed by atoms with Gasteiger partial charge in [-0.25, -0.2) is 13.1 Å². The molecule has 2 aromatic rings. The van der Waals surface area contributed by atoms with Crippen molar-refractivity contribution >= 4 is 15.9 Å². The van der Waals surface area contributed by atoms with Crippen LogP contribution in [-0.4, -0.2) is 39.4 Å². The van der Waals surface area contributed by atoms with Crippen LogP contribution in [0.1, 0.15) is 54.2 Å². The highest BCUT2D eigenvalue weighted by atomic mass is 32.2. The molecule has 7 heteroatoms. The van der Waals surface area contributed by atoms with Crippen LogP contribution in [0, 0.1) is 12.8 Å². The van der Waals surface area contributed by atoms with Crippen molar-refractivity contribution < 1.29 is 17.9 Å². The van der Waals surface area contributed by atoms with Gasteiger partial charge < -0.3 is 9.64 Å². The van der Waals surface area contributed by atoms with Crippen molar-refractivity contribution in [3.05, 3.63) is 59.2 Å². The zero-order chi connectivity index (χ0) is 21.9. The maximum Gasteiger partial charge on any atom is 0.257 e. The molecule has 0 radical (unpaired) electrons. The number of hydrogen-bond donors (Lipinski definition) is 1. The normalized spacial score (nSPS) is 16.3. The van der Waals surface area contributed by atoms with Gasteiger partial charge in [-0.15, -0.1) is 0 Å². The number of carbonyl (C=O) groups is 1. The largest absolute Gasteiger partial charge is 0.496 e. The average molecular weight is 431 g/mol. The van der Waals surface area contributed by atoms with Gasteiger partial charge in [-0.1, -0.05) is 36.8 Å². The van der Waals surface area contributed by atoms with E-state index < -0.39 is 16.1 Å². The summed E-state index contributed by atoms with van der Waals surface area (Å²) in [5, 5.41) is 0. The lowest BCUT2D eigenvalue weighted by atomic mass is 9.98. The second kappa shape index (κ2) is 9.18. The first-order chi connectivity index (χ1) is 14.2. The molecule has 1 aliphatic heterocycles. The van der Waals surface area contributed by atoms with Crippen LogP contribution in [0.15, 0.2) is 47.4 Å². The van der Waals surface area contributed by atoms with E-state index in [0.717, 1.165) is 24.0 Å². The average Bonchev–Trinajstić information content (AvgIpc) is 2.73. The first kappa shape index (κ1) is 22.3. The Morgan fingerprint density at radius 3 is 2.37 bits per heavy atom. The third-order valence-electron chi connectivity index (χ3n) is 5.69. The number of amides is 1. The summed E-state index contributed by atoms with van der Waals surface area (Å²) < 4.78 is 34.0. The van der Waals surface area contributed by atoms with Crippen LogP contribution in [0.3, 0.4) is 0 Å². The monoisotopic (exact) mass is 430 g/mol. The van der Waals surface area contributed by atoms with Crippen LogP contribution >= 0.6 is 0 Å². The molecule has 0 bridgehead atoms.